The Morgan fingerprint density at radius 2 is 2.00 bits per heavy atom. The minimum atomic E-state index is -1.25. The molecule has 2 aromatic rings. The molecular weight excluding hydrogens is 396 g/mol. The van der Waals surface area contributed by atoms with E-state index in [1.165, 1.54) is 13.2 Å². The Morgan fingerprint density at radius 3 is 2.63 bits per heavy atom. The molecule has 10 heteroatoms. The number of carbonyl (C=O) groups is 2. The highest BCUT2D eigenvalue weighted by Gasteiger charge is 2.36. The maximum absolute atomic E-state index is 13.0. The van der Waals surface area contributed by atoms with Crippen molar-refractivity contribution in [3.63, 3.8) is 0 Å². The summed E-state index contributed by atoms with van der Waals surface area (Å²) in [7, 11) is 1.35. The maximum Gasteiger partial charge on any atom is 0.328 e. The molecule has 1 atom stereocenters. The van der Waals surface area contributed by atoms with E-state index >= 15 is 0 Å². The Kier molecular flexibility index (Phi) is 6.48. The number of hydrogen-bond acceptors (Lipinski definition) is 7. The van der Waals surface area contributed by atoms with Crippen LogP contribution in [0.5, 0.6) is 11.5 Å². The van der Waals surface area contributed by atoms with Gasteiger partial charge in [-0.15, -0.1) is 0 Å². The monoisotopic (exact) mass is 416 g/mol. The summed E-state index contributed by atoms with van der Waals surface area (Å²) < 4.78 is 16.1. The number of aliphatic carboxylic acids is 1. The molecule has 0 spiro atoms. The molecule has 0 unspecified atom stereocenters. The van der Waals surface area contributed by atoms with Crippen molar-refractivity contribution >= 4 is 17.6 Å². The van der Waals surface area contributed by atoms with Crippen molar-refractivity contribution in [2.75, 3.05) is 26.9 Å². The number of ether oxygens (including phenoxy) is 3. The normalized spacial score (nSPS) is 16.0. The van der Waals surface area contributed by atoms with Crippen LogP contribution in [0.15, 0.2) is 42.5 Å². The molecule has 1 N–H and O–H groups in total. The quantitative estimate of drug-likeness (QED) is 0.537. The number of amides is 1. The van der Waals surface area contributed by atoms with E-state index < -0.39 is 28.5 Å². The molecular formula is C20H20N2O8. The van der Waals surface area contributed by atoms with Crippen LogP contribution in [0.3, 0.4) is 0 Å². The van der Waals surface area contributed by atoms with Gasteiger partial charge in [0.15, 0.2) is 17.5 Å². The number of rotatable bonds is 7. The topological polar surface area (TPSA) is 128 Å². The maximum atomic E-state index is 13.0. The van der Waals surface area contributed by atoms with Gasteiger partial charge in [-0.05, 0) is 5.56 Å². The fourth-order valence-corrected chi connectivity index (χ4v) is 3.09. The number of nitro benzene ring substituents is 1. The molecule has 1 aliphatic rings. The molecule has 1 amide bonds. The smallest absolute Gasteiger partial charge is 0.328 e. The molecule has 3 rings (SSSR count). The number of nitro groups is 1. The van der Waals surface area contributed by atoms with Crippen LogP contribution in [0.25, 0.3) is 0 Å². The third-order valence-electron chi connectivity index (χ3n) is 4.62. The number of benzene rings is 2. The minimum Gasteiger partial charge on any atom is -0.493 e. The molecule has 1 saturated heterocycles. The lowest BCUT2D eigenvalue weighted by atomic mass is 10.1. The van der Waals surface area contributed by atoms with Gasteiger partial charge >= 0.3 is 5.97 Å². The molecule has 1 aliphatic heterocycles. The predicted octanol–water partition coefficient (Wildman–Crippen LogP) is 2.11. The summed E-state index contributed by atoms with van der Waals surface area (Å²) in [6, 6.07) is 10.3. The van der Waals surface area contributed by atoms with Crippen molar-refractivity contribution in [2.45, 2.75) is 12.6 Å². The zero-order chi connectivity index (χ0) is 21.7. The fraction of sp³-hybridized carbons (Fsp3) is 0.300. The summed E-state index contributed by atoms with van der Waals surface area (Å²) in [5, 5.41) is 21.0. The summed E-state index contributed by atoms with van der Waals surface area (Å²) >= 11 is 0. The average Bonchev–Trinajstić information content (AvgIpc) is 2.77. The lowest BCUT2D eigenvalue weighted by molar-refractivity contribution is -0.385. The molecule has 1 fully saturated rings. The molecule has 0 radical (unpaired) electrons. The standard InChI is InChI=1S/C20H20N2O8/c1-28-17-9-14(19(23)21-7-8-29-12-16(21)20(24)25)15(22(26)27)10-18(17)30-11-13-5-3-2-4-6-13/h2-6,9-10,16H,7-8,11-12H2,1H3,(H,24,25)/t16-/m0/s1. The number of methoxy groups -OCH3 is 1. The Labute approximate surface area is 171 Å². The van der Waals surface area contributed by atoms with Gasteiger partial charge in [0.1, 0.15) is 12.2 Å². The van der Waals surface area contributed by atoms with Crippen molar-refractivity contribution in [3.8, 4) is 11.5 Å². The van der Waals surface area contributed by atoms with Gasteiger partial charge in [-0.3, -0.25) is 14.9 Å². The average molecular weight is 416 g/mol. The van der Waals surface area contributed by atoms with Crippen molar-refractivity contribution in [1.82, 2.24) is 4.90 Å². The third kappa shape index (κ3) is 4.49. The van der Waals surface area contributed by atoms with Crippen LogP contribution in [0.1, 0.15) is 15.9 Å². The lowest BCUT2D eigenvalue weighted by Crippen LogP contribution is -2.52. The summed E-state index contributed by atoms with van der Waals surface area (Å²) in [5.41, 5.74) is 0.0662. The van der Waals surface area contributed by atoms with Crippen molar-refractivity contribution in [2.24, 2.45) is 0 Å². The summed E-state index contributed by atoms with van der Waals surface area (Å²) in [5.74, 6) is -1.81. The first-order chi connectivity index (χ1) is 14.4. The Balaban J connectivity index is 1.95. The number of carboxylic acid groups (broad SMARTS) is 1. The Morgan fingerprint density at radius 1 is 1.27 bits per heavy atom. The molecule has 1 heterocycles. The van der Waals surface area contributed by atoms with Gasteiger partial charge in [-0.25, -0.2) is 4.79 Å². The second kappa shape index (κ2) is 9.23. The predicted molar refractivity (Wildman–Crippen MR) is 104 cm³/mol. The number of hydrogen-bond donors (Lipinski definition) is 1. The Hall–Kier alpha value is -3.66. The first kappa shape index (κ1) is 21.1. The van der Waals surface area contributed by atoms with Crippen molar-refractivity contribution in [1.29, 1.82) is 0 Å². The second-order valence-electron chi connectivity index (χ2n) is 6.48. The molecule has 2 aromatic carbocycles. The van der Waals surface area contributed by atoms with Crippen LogP contribution in [-0.2, 0) is 16.1 Å². The largest absolute Gasteiger partial charge is 0.493 e. The highest BCUT2D eigenvalue weighted by Crippen LogP contribution is 2.36. The van der Waals surface area contributed by atoms with Gasteiger partial charge in [0.2, 0.25) is 0 Å². The van der Waals surface area contributed by atoms with Crippen molar-refractivity contribution < 1.29 is 33.8 Å². The minimum absolute atomic E-state index is 0.00152. The van der Waals surface area contributed by atoms with Gasteiger partial charge < -0.3 is 24.2 Å². The van der Waals surface area contributed by atoms with Crippen LogP contribution >= 0.6 is 0 Å². The van der Waals surface area contributed by atoms with Gasteiger partial charge in [0, 0.05) is 12.6 Å². The molecule has 0 bridgehead atoms. The van der Waals surface area contributed by atoms with Crippen LogP contribution in [-0.4, -0.2) is 59.7 Å². The van der Waals surface area contributed by atoms with Gasteiger partial charge in [-0.1, -0.05) is 30.3 Å². The highest BCUT2D eigenvalue weighted by molar-refractivity contribution is 6.01. The molecule has 0 aliphatic carbocycles. The van der Waals surface area contributed by atoms with E-state index in [4.69, 9.17) is 14.2 Å². The molecule has 0 saturated carbocycles. The number of nitrogens with zero attached hydrogens (tertiary/aromatic N) is 2. The third-order valence-corrected chi connectivity index (χ3v) is 4.62. The van der Waals surface area contributed by atoms with E-state index in [-0.39, 0.29) is 43.4 Å². The van der Waals surface area contributed by atoms with E-state index in [0.29, 0.717) is 0 Å². The molecule has 30 heavy (non-hydrogen) atoms. The first-order valence-corrected chi connectivity index (χ1v) is 9.07. The molecule has 158 valence electrons. The number of carboxylic acids is 1. The summed E-state index contributed by atoms with van der Waals surface area (Å²) in [6.45, 7) is 0.0940. The first-order valence-electron chi connectivity index (χ1n) is 9.07. The summed E-state index contributed by atoms with van der Waals surface area (Å²) in [4.78, 5) is 36.5. The van der Waals surface area contributed by atoms with E-state index in [2.05, 4.69) is 0 Å². The van der Waals surface area contributed by atoms with Gasteiger partial charge in [0.25, 0.3) is 11.6 Å². The zero-order valence-corrected chi connectivity index (χ0v) is 16.1. The molecule has 10 nitrogen and oxygen atoms in total. The van der Waals surface area contributed by atoms with Crippen LogP contribution < -0.4 is 9.47 Å². The van der Waals surface area contributed by atoms with Gasteiger partial charge in [0.05, 0.1) is 31.3 Å². The number of morpholine rings is 1. The van der Waals surface area contributed by atoms with E-state index in [1.54, 1.807) is 0 Å². The van der Waals surface area contributed by atoms with Crippen LogP contribution in [0.2, 0.25) is 0 Å². The van der Waals surface area contributed by atoms with E-state index in [1.807, 2.05) is 30.3 Å². The zero-order valence-electron chi connectivity index (χ0n) is 16.1. The van der Waals surface area contributed by atoms with Gasteiger partial charge in [-0.2, -0.15) is 0 Å². The molecule has 0 aromatic heterocycles. The fourth-order valence-electron chi connectivity index (χ4n) is 3.09. The summed E-state index contributed by atoms with van der Waals surface area (Å²) in [6.07, 6.45) is 0. The SMILES string of the molecule is COc1cc(C(=O)N2CCOC[C@H]2C(=O)O)c([N+](=O)[O-])cc1OCc1ccccc1. The van der Waals surface area contributed by atoms with Crippen molar-refractivity contribution in [3.05, 3.63) is 63.7 Å². The number of carbonyl (C=O) groups excluding carboxylic acids is 1. The second-order valence-corrected chi connectivity index (χ2v) is 6.48. The van der Waals surface area contributed by atoms with E-state index in [9.17, 15) is 24.8 Å². The van der Waals surface area contributed by atoms with Crippen LogP contribution in [0.4, 0.5) is 5.69 Å². The lowest BCUT2D eigenvalue weighted by Gasteiger charge is -2.32. The van der Waals surface area contributed by atoms with Crippen LogP contribution in [0, 0.1) is 10.1 Å². The highest BCUT2D eigenvalue weighted by atomic mass is 16.6. The van der Waals surface area contributed by atoms with E-state index in [0.717, 1.165) is 16.5 Å². The Bertz CT molecular complexity index is 947.